The molecule has 0 radical (unpaired) electrons. The Labute approximate surface area is 122 Å². The highest BCUT2D eigenvalue weighted by Crippen LogP contribution is 2.15. The molecular formula is C14H17ClN4O. The quantitative estimate of drug-likeness (QED) is 0.941. The van der Waals surface area contributed by atoms with Gasteiger partial charge in [-0.2, -0.15) is 5.10 Å². The first-order valence-corrected chi connectivity index (χ1v) is 6.72. The zero-order valence-electron chi connectivity index (χ0n) is 11.5. The molecule has 5 nitrogen and oxygen atoms in total. The van der Waals surface area contributed by atoms with Crippen LogP contribution in [0, 0.1) is 0 Å². The summed E-state index contributed by atoms with van der Waals surface area (Å²) < 4.78 is 1.65. The second-order valence-corrected chi connectivity index (χ2v) is 5.01. The molecule has 0 unspecified atom stereocenters. The molecule has 2 N–H and O–H groups in total. The van der Waals surface area contributed by atoms with E-state index in [0.717, 1.165) is 5.56 Å². The highest BCUT2D eigenvalue weighted by atomic mass is 35.5. The highest BCUT2D eigenvalue weighted by Gasteiger charge is 2.18. The predicted molar refractivity (Wildman–Crippen MR) is 79.6 cm³/mol. The van der Waals surface area contributed by atoms with Crippen LogP contribution in [0.5, 0.6) is 0 Å². The van der Waals surface area contributed by atoms with Crippen LogP contribution in [-0.2, 0) is 13.1 Å². The number of carbonyl (C=O) groups excluding carboxylic acids is 1. The molecule has 2 aromatic rings. The Bertz CT molecular complexity index is 606. The van der Waals surface area contributed by atoms with Gasteiger partial charge in [0.15, 0.2) is 5.69 Å². The molecule has 0 fully saturated rings. The molecule has 1 aromatic carbocycles. The number of benzene rings is 1. The van der Waals surface area contributed by atoms with Crippen molar-refractivity contribution in [1.82, 2.24) is 14.7 Å². The number of anilines is 1. The lowest BCUT2D eigenvalue weighted by Crippen LogP contribution is -2.27. The van der Waals surface area contributed by atoms with E-state index < -0.39 is 0 Å². The van der Waals surface area contributed by atoms with E-state index in [9.17, 15) is 4.79 Å². The Balaban J connectivity index is 2.11. The van der Waals surface area contributed by atoms with Gasteiger partial charge in [-0.3, -0.25) is 9.48 Å². The maximum Gasteiger partial charge on any atom is 0.276 e. The van der Waals surface area contributed by atoms with Crippen molar-refractivity contribution in [3.63, 3.8) is 0 Å². The Hall–Kier alpha value is -2.01. The van der Waals surface area contributed by atoms with Crippen molar-refractivity contribution >= 4 is 23.2 Å². The molecule has 0 aliphatic rings. The summed E-state index contributed by atoms with van der Waals surface area (Å²) in [6.07, 6.45) is 1.67. The third kappa shape index (κ3) is 3.11. The SMILES string of the molecule is CCn1cc(N)c(C(=O)N(C)Cc2ccc(Cl)cc2)n1. The summed E-state index contributed by atoms with van der Waals surface area (Å²) in [6.45, 7) is 3.10. The second-order valence-electron chi connectivity index (χ2n) is 4.58. The maximum atomic E-state index is 12.3. The summed E-state index contributed by atoms with van der Waals surface area (Å²) in [6, 6.07) is 7.38. The fourth-order valence-corrected chi connectivity index (χ4v) is 2.01. The molecule has 20 heavy (non-hydrogen) atoms. The number of aromatic nitrogens is 2. The summed E-state index contributed by atoms with van der Waals surface area (Å²) in [7, 11) is 1.72. The van der Waals surface area contributed by atoms with Crippen LogP contribution < -0.4 is 5.73 Å². The van der Waals surface area contributed by atoms with Crippen molar-refractivity contribution in [3.05, 3.63) is 46.7 Å². The van der Waals surface area contributed by atoms with E-state index in [1.807, 2.05) is 19.1 Å². The van der Waals surface area contributed by atoms with Gasteiger partial charge < -0.3 is 10.6 Å². The predicted octanol–water partition coefficient (Wildman–Crippen LogP) is 2.41. The van der Waals surface area contributed by atoms with Crippen LogP contribution in [-0.4, -0.2) is 27.6 Å². The number of amides is 1. The van der Waals surface area contributed by atoms with Gasteiger partial charge in [0.05, 0.1) is 5.69 Å². The Morgan fingerprint density at radius 3 is 2.60 bits per heavy atom. The average Bonchev–Trinajstić information content (AvgIpc) is 2.81. The number of hydrogen-bond donors (Lipinski definition) is 1. The average molecular weight is 293 g/mol. The number of nitrogen functional groups attached to an aromatic ring is 1. The van der Waals surface area contributed by atoms with E-state index in [4.69, 9.17) is 17.3 Å². The molecule has 0 saturated carbocycles. The lowest BCUT2D eigenvalue weighted by molar-refractivity contribution is 0.0779. The molecule has 1 aromatic heterocycles. The number of nitrogens with two attached hydrogens (primary N) is 1. The normalized spacial score (nSPS) is 10.6. The summed E-state index contributed by atoms with van der Waals surface area (Å²) in [5.41, 5.74) is 7.52. The molecular weight excluding hydrogens is 276 g/mol. The first-order chi connectivity index (χ1) is 9.51. The largest absolute Gasteiger partial charge is 0.396 e. The number of carbonyl (C=O) groups is 1. The Morgan fingerprint density at radius 2 is 2.05 bits per heavy atom. The van der Waals surface area contributed by atoms with Gasteiger partial charge in [0.1, 0.15) is 0 Å². The van der Waals surface area contributed by atoms with Crippen molar-refractivity contribution in [2.24, 2.45) is 0 Å². The maximum absolute atomic E-state index is 12.3. The van der Waals surface area contributed by atoms with E-state index in [1.165, 1.54) is 0 Å². The number of nitrogens with zero attached hydrogens (tertiary/aromatic N) is 3. The minimum absolute atomic E-state index is 0.190. The first kappa shape index (κ1) is 14.4. The zero-order chi connectivity index (χ0) is 14.7. The monoisotopic (exact) mass is 292 g/mol. The zero-order valence-corrected chi connectivity index (χ0v) is 12.3. The van der Waals surface area contributed by atoms with Gasteiger partial charge in [-0.25, -0.2) is 0 Å². The van der Waals surface area contributed by atoms with Crippen molar-refractivity contribution in [2.45, 2.75) is 20.0 Å². The Kier molecular flexibility index (Phi) is 4.29. The lowest BCUT2D eigenvalue weighted by atomic mass is 10.2. The molecule has 1 heterocycles. The van der Waals surface area contributed by atoms with Crippen LogP contribution in [0.25, 0.3) is 0 Å². The minimum atomic E-state index is -0.190. The smallest absolute Gasteiger partial charge is 0.276 e. The van der Waals surface area contributed by atoms with Crippen molar-refractivity contribution in [2.75, 3.05) is 12.8 Å². The van der Waals surface area contributed by atoms with Gasteiger partial charge in [-0.15, -0.1) is 0 Å². The summed E-state index contributed by atoms with van der Waals surface area (Å²) in [4.78, 5) is 13.9. The van der Waals surface area contributed by atoms with Gasteiger partial charge in [0, 0.05) is 31.4 Å². The summed E-state index contributed by atoms with van der Waals surface area (Å²) in [5.74, 6) is -0.190. The van der Waals surface area contributed by atoms with Crippen LogP contribution >= 0.6 is 11.6 Å². The van der Waals surface area contributed by atoms with E-state index in [2.05, 4.69) is 5.10 Å². The van der Waals surface area contributed by atoms with E-state index in [-0.39, 0.29) is 5.91 Å². The van der Waals surface area contributed by atoms with Crippen LogP contribution in [0.1, 0.15) is 23.0 Å². The van der Waals surface area contributed by atoms with Crippen molar-refractivity contribution < 1.29 is 4.79 Å². The topological polar surface area (TPSA) is 64.2 Å². The van der Waals surface area contributed by atoms with E-state index in [1.54, 1.807) is 35.0 Å². The first-order valence-electron chi connectivity index (χ1n) is 6.34. The minimum Gasteiger partial charge on any atom is -0.396 e. The number of halogens is 1. The highest BCUT2D eigenvalue weighted by molar-refractivity contribution is 6.30. The fourth-order valence-electron chi connectivity index (χ4n) is 1.88. The van der Waals surface area contributed by atoms with E-state index >= 15 is 0 Å². The fraction of sp³-hybridized carbons (Fsp3) is 0.286. The van der Waals surface area contributed by atoms with Crippen LogP contribution in [0.15, 0.2) is 30.5 Å². The molecule has 0 bridgehead atoms. The van der Waals surface area contributed by atoms with Gasteiger partial charge in [0.2, 0.25) is 0 Å². The van der Waals surface area contributed by atoms with Crippen LogP contribution in [0.3, 0.4) is 0 Å². The molecule has 1 amide bonds. The Morgan fingerprint density at radius 1 is 1.40 bits per heavy atom. The van der Waals surface area contributed by atoms with Crippen molar-refractivity contribution in [3.8, 4) is 0 Å². The molecule has 0 aliphatic heterocycles. The lowest BCUT2D eigenvalue weighted by Gasteiger charge is -2.16. The molecule has 6 heteroatoms. The molecule has 0 spiro atoms. The van der Waals surface area contributed by atoms with Gasteiger partial charge in [-0.1, -0.05) is 23.7 Å². The third-order valence-electron chi connectivity index (χ3n) is 3.00. The summed E-state index contributed by atoms with van der Waals surface area (Å²) in [5, 5.41) is 4.86. The number of rotatable bonds is 4. The van der Waals surface area contributed by atoms with Crippen LogP contribution in [0.4, 0.5) is 5.69 Å². The van der Waals surface area contributed by atoms with E-state index in [0.29, 0.717) is 29.5 Å². The number of aryl methyl sites for hydroxylation is 1. The standard InChI is InChI=1S/C14H17ClN4O/c1-3-19-9-12(16)13(17-19)14(20)18(2)8-10-4-6-11(15)7-5-10/h4-7,9H,3,8,16H2,1-2H3. The van der Waals surface area contributed by atoms with Gasteiger partial charge in [0.25, 0.3) is 5.91 Å². The second kappa shape index (κ2) is 5.96. The molecule has 0 aliphatic carbocycles. The molecule has 106 valence electrons. The van der Waals surface area contributed by atoms with Gasteiger partial charge in [-0.05, 0) is 24.6 Å². The van der Waals surface area contributed by atoms with Crippen LogP contribution in [0.2, 0.25) is 5.02 Å². The van der Waals surface area contributed by atoms with Crippen molar-refractivity contribution in [1.29, 1.82) is 0 Å². The van der Waals surface area contributed by atoms with Gasteiger partial charge >= 0.3 is 0 Å². The molecule has 2 rings (SSSR count). The molecule has 0 atom stereocenters. The third-order valence-corrected chi connectivity index (χ3v) is 3.25. The summed E-state index contributed by atoms with van der Waals surface area (Å²) >= 11 is 5.84. The number of hydrogen-bond acceptors (Lipinski definition) is 3. The molecule has 0 saturated heterocycles.